The first-order valence-electron chi connectivity index (χ1n) is 7.19. The maximum Gasteiger partial charge on any atom is 0.258 e. The van der Waals surface area contributed by atoms with E-state index in [9.17, 15) is 4.79 Å². The molecule has 2 N–H and O–H groups in total. The van der Waals surface area contributed by atoms with Crippen LogP contribution in [0.1, 0.15) is 39.2 Å². The van der Waals surface area contributed by atoms with Crippen LogP contribution >= 0.6 is 0 Å². The molecular formula is C16H24N2O2. The minimum absolute atomic E-state index is 0.0360. The fourth-order valence-electron chi connectivity index (χ4n) is 1.79. The number of carbonyl (C=O) groups excluding carboxylic acids is 1. The molecule has 0 saturated heterocycles. The average Bonchev–Trinajstić information content (AvgIpc) is 3.18. The molecule has 2 rings (SSSR count). The molecule has 0 aromatic heterocycles. The second-order valence-electron chi connectivity index (χ2n) is 6.34. The van der Waals surface area contributed by atoms with Gasteiger partial charge in [-0.2, -0.15) is 0 Å². The smallest absolute Gasteiger partial charge is 0.258 e. The number of amides is 1. The number of hydrogen-bond acceptors (Lipinski definition) is 3. The largest absolute Gasteiger partial charge is 0.483 e. The van der Waals surface area contributed by atoms with Crippen molar-refractivity contribution in [2.45, 2.75) is 51.7 Å². The second kappa shape index (κ2) is 6.27. The Morgan fingerprint density at radius 2 is 2.00 bits per heavy atom. The molecule has 20 heavy (non-hydrogen) atoms. The Kier molecular flexibility index (Phi) is 4.65. The average molecular weight is 276 g/mol. The summed E-state index contributed by atoms with van der Waals surface area (Å²) in [5.41, 5.74) is 1.12. The van der Waals surface area contributed by atoms with E-state index in [4.69, 9.17) is 4.74 Å². The Hall–Kier alpha value is -1.55. The third-order valence-corrected chi connectivity index (χ3v) is 3.08. The highest BCUT2D eigenvalue weighted by Crippen LogP contribution is 2.20. The third kappa shape index (κ3) is 5.21. The monoisotopic (exact) mass is 276 g/mol. The summed E-state index contributed by atoms with van der Waals surface area (Å²) in [5.74, 6) is 0.737. The zero-order valence-corrected chi connectivity index (χ0v) is 12.5. The highest BCUT2D eigenvalue weighted by Gasteiger charge is 2.23. The van der Waals surface area contributed by atoms with Crippen LogP contribution < -0.4 is 15.4 Å². The second-order valence-corrected chi connectivity index (χ2v) is 6.34. The Balaban J connectivity index is 1.87. The highest BCUT2D eigenvalue weighted by molar-refractivity contribution is 5.78. The van der Waals surface area contributed by atoms with E-state index in [1.165, 1.54) is 0 Å². The number of benzene rings is 1. The van der Waals surface area contributed by atoms with Crippen LogP contribution in [0.3, 0.4) is 0 Å². The minimum Gasteiger partial charge on any atom is -0.483 e. The van der Waals surface area contributed by atoms with Crippen LogP contribution in [0.15, 0.2) is 24.3 Å². The summed E-state index contributed by atoms with van der Waals surface area (Å²) >= 11 is 0. The molecule has 110 valence electrons. The predicted molar refractivity (Wildman–Crippen MR) is 79.7 cm³/mol. The molecule has 1 aromatic carbocycles. The Bertz CT molecular complexity index is 462. The van der Waals surface area contributed by atoms with Gasteiger partial charge in [0, 0.05) is 23.7 Å². The first-order chi connectivity index (χ1) is 9.44. The van der Waals surface area contributed by atoms with E-state index in [1.807, 2.05) is 24.3 Å². The van der Waals surface area contributed by atoms with E-state index in [-0.39, 0.29) is 18.1 Å². The van der Waals surface area contributed by atoms with Gasteiger partial charge >= 0.3 is 0 Å². The van der Waals surface area contributed by atoms with Crippen LogP contribution in [0, 0.1) is 0 Å². The van der Waals surface area contributed by atoms with E-state index < -0.39 is 0 Å². The topological polar surface area (TPSA) is 50.4 Å². The zero-order chi connectivity index (χ0) is 14.6. The van der Waals surface area contributed by atoms with Crippen molar-refractivity contribution >= 4 is 5.91 Å². The Morgan fingerprint density at radius 3 is 2.65 bits per heavy atom. The summed E-state index contributed by atoms with van der Waals surface area (Å²) in [7, 11) is 0. The third-order valence-electron chi connectivity index (χ3n) is 3.08. The SMILES string of the molecule is CC(C)(C)NCc1ccccc1OCC(=O)NC1CC1. The summed E-state index contributed by atoms with van der Waals surface area (Å²) in [6.45, 7) is 7.19. The number of para-hydroxylation sites is 1. The molecule has 1 aromatic rings. The van der Waals surface area contributed by atoms with Crippen LogP contribution in [0.25, 0.3) is 0 Å². The molecule has 0 spiro atoms. The summed E-state index contributed by atoms with van der Waals surface area (Å²) in [6, 6.07) is 8.21. The van der Waals surface area contributed by atoms with Gasteiger partial charge < -0.3 is 15.4 Å². The van der Waals surface area contributed by atoms with Gasteiger partial charge in [-0.15, -0.1) is 0 Å². The van der Waals surface area contributed by atoms with Crippen molar-refractivity contribution in [3.05, 3.63) is 29.8 Å². The van der Waals surface area contributed by atoms with Crippen molar-refractivity contribution in [1.82, 2.24) is 10.6 Å². The first-order valence-corrected chi connectivity index (χ1v) is 7.19. The van der Waals surface area contributed by atoms with Crippen LogP contribution in [0.5, 0.6) is 5.75 Å². The van der Waals surface area contributed by atoms with E-state index in [0.717, 1.165) is 30.7 Å². The van der Waals surface area contributed by atoms with Gasteiger partial charge in [0.15, 0.2) is 6.61 Å². The molecular weight excluding hydrogens is 252 g/mol. The highest BCUT2D eigenvalue weighted by atomic mass is 16.5. The molecule has 4 heteroatoms. The minimum atomic E-state index is -0.0360. The van der Waals surface area contributed by atoms with Crippen LogP contribution in [-0.4, -0.2) is 24.1 Å². The summed E-state index contributed by atoms with van der Waals surface area (Å²) in [5, 5.41) is 6.35. The molecule has 1 fully saturated rings. The van der Waals surface area contributed by atoms with E-state index >= 15 is 0 Å². The van der Waals surface area contributed by atoms with Gasteiger partial charge in [-0.3, -0.25) is 4.79 Å². The van der Waals surface area contributed by atoms with Crippen molar-refractivity contribution in [3.63, 3.8) is 0 Å². The van der Waals surface area contributed by atoms with Gasteiger partial charge in [0.1, 0.15) is 5.75 Å². The molecule has 0 radical (unpaired) electrons. The van der Waals surface area contributed by atoms with Gasteiger partial charge in [0.05, 0.1) is 0 Å². The molecule has 1 aliphatic carbocycles. The van der Waals surface area contributed by atoms with Crippen molar-refractivity contribution in [1.29, 1.82) is 0 Å². The molecule has 1 saturated carbocycles. The molecule has 0 atom stereocenters. The molecule has 0 heterocycles. The van der Waals surface area contributed by atoms with Gasteiger partial charge in [-0.25, -0.2) is 0 Å². The Morgan fingerprint density at radius 1 is 1.30 bits per heavy atom. The van der Waals surface area contributed by atoms with E-state index in [2.05, 4.69) is 31.4 Å². The first kappa shape index (κ1) is 14.9. The van der Waals surface area contributed by atoms with Gasteiger partial charge in [-0.05, 0) is 39.7 Å². The van der Waals surface area contributed by atoms with E-state index in [1.54, 1.807) is 0 Å². The van der Waals surface area contributed by atoms with Crippen molar-refractivity contribution in [2.75, 3.05) is 6.61 Å². The maximum absolute atomic E-state index is 11.6. The summed E-state index contributed by atoms with van der Waals surface area (Å²) in [6.07, 6.45) is 2.19. The lowest BCUT2D eigenvalue weighted by atomic mass is 10.1. The van der Waals surface area contributed by atoms with Crippen molar-refractivity contribution < 1.29 is 9.53 Å². The number of ether oxygens (including phenoxy) is 1. The predicted octanol–water partition coefficient (Wildman–Crippen LogP) is 2.23. The van der Waals surface area contributed by atoms with Crippen LogP contribution in [-0.2, 0) is 11.3 Å². The lowest BCUT2D eigenvalue weighted by Crippen LogP contribution is -2.35. The molecule has 0 aliphatic heterocycles. The zero-order valence-electron chi connectivity index (χ0n) is 12.5. The van der Waals surface area contributed by atoms with E-state index in [0.29, 0.717) is 6.04 Å². The normalized spacial score (nSPS) is 14.9. The number of rotatable bonds is 6. The maximum atomic E-state index is 11.6. The lowest BCUT2D eigenvalue weighted by molar-refractivity contribution is -0.123. The number of hydrogen-bond donors (Lipinski definition) is 2. The van der Waals surface area contributed by atoms with Gasteiger partial charge in [0.25, 0.3) is 5.91 Å². The standard InChI is InChI=1S/C16H24N2O2/c1-16(2,3)17-10-12-6-4-5-7-14(12)20-11-15(19)18-13-8-9-13/h4-7,13,17H,8-11H2,1-3H3,(H,18,19). The van der Waals surface area contributed by atoms with Crippen molar-refractivity contribution in [3.8, 4) is 5.75 Å². The quantitative estimate of drug-likeness (QED) is 0.837. The summed E-state index contributed by atoms with van der Waals surface area (Å²) < 4.78 is 5.64. The lowest BCUT2D eigenvalue weighted by Gasteiger charge is -2.21. The molecule has 1 amide bonds. The molecule has 0 unspecified atom stereocenters. The number of carbonyl (C=O) groups is 1. The van der Waals surface area contributed by atoms with Crippen LogP contribution in [0.4, 0.5) is 0 Å². The molecule has 4 nitrogen and oxygen atoms in total. The fraction of sp³-hybridized carbons (Fsp3) is 0.562. The number of nitrogens with one attached hydrogen (secondary N) is 2. The summed E-state index contributed by atoms with van der Waals surface area (Å²) in [4.78, 5) is 11.6. The van der Waals surface area contributed by atoms with Crippen molar-refractivity contribution in [2.24, 2.45) is 0 Å². The van der Waals surface area contributed by atoms with Gasteiger partial charge in [0.2, 0.25) is 0 Å². The molecule has 0 bridgehead atoms. The molecule has 1 aliphatic rings. The van der Waals surface area contributed by atoms with Crippen LogP contribution in [0.2, 0.25) is 0 Å². The Labute approximate surface area is 120 Å². The fourth-order valence-corrected chi connectivity index (χ4v) is 1.79. The van der Waals surface area contributed by atoms with Gasteiger partial charge in [-0.1, -0.05) is 18.2 Å².